The summed E-state index contributed by atoms with van der Waals surface area (Å²) in [7, 11) is 0. The van der Waals surface area contributed by atoms with Crippen LogP contribution in [0.15, 0.2) is 60.8 Å². The second-order valence-corrected chi connectivity index (χ2v) is 4.59. The lowest BCUT2D eigenvalue weighted by atomic mass is 10.1. The molecule has 0 saturated carbocycles. The van der Waals surface area contributed by atoms with Gasteiger partial charge in [-0.15, -0.1) is 0 Å². The summed E-state index contributed by atoms with van der Waals surface area (Å²) < 4.78 is 5.66. The summed E-state index contributed by atoms with van der Waals surface area (Å²) in [6, 6.07) is 17.3. The minimum absolute atomic E-state index is 0.171. The van der Waals surface area contributed by atoms with Crippen molar-refractivity contribution in [1.82, 2.24) is 4.98 Å². The van der Waals surface area contributed by atoms with Gasteiger partial charge in [-0.25, -0.2) is 0 Å². The molecule has 0 unspecified atom stereocenters. The van der Waals surface area contributed by atoms with Crippen LogP contribution < -0.4 is 4.74 Å². The Bertz CT molecular complexity index is 711. The number of benzene rings is 2. The van der Waals surface area contributed by atoms with Crippen molar-refractivity contribution in [3.8, 4) is 11.5 Å². The molecule has 0 saturated heterocycles. The molecule has 3 heteroatoms. The topological polar surface area (TPSA) is 42.4 Å². The molecule has 0 atom stereocenters. The van der Waals surface area contributed by atoms with E-state index in [1.54, 1.807) is 12.3 Å². The number of fused-ring (bicyclic) bond motifs is 1. The maximum Gasteiger partial charge on any atom is 0.161 e. The van der Waals surface area contributed by atoms with Crippen LogP contribution in [-0.4, -0.2) is 16.7 Å². The van der Waals surface area contributed by atoms with Gasteiger partial charge in [-0.3, -0.25) is 4.98 Å². The van der Waals surface area contributed by atoms with Gasteiger partial charge in [0, 0.05) is 18.3 Å². The number of hydrogen-bond donors (Lipinski definition) is 1. The standard InChI is InChI=1S/C17H15NO2/c19-16-11-13-5-1-2-6-14(13)12-17(16)20-10-8-15-7-3-4-9-18-15/h1-7,9,11-12,19H,8,10H2. The summed E-state index contributed by atoms with van der Waals surface area (Å²) in [6.07, 6.45) is 2.48. The average Bonchev–Trinajstić information content (AvgIpc) is 2.49. The molecule has 20 heavy (non-hydrogen) atoms. The van der Waals surface area contributed by atoms with Crippen LogP contribution in [0.2, 0.25) is 0 Å². The van der Waals surface area contributed by atoms with Gasteiger partial charge >= 0.3 is 0 Å². The van der Waals surface area contributed by atoms with Crippen molar-refractivity contribution in [1.29, 1.82) is 0 Å². The lowest BCUT2D eigenvalue weighted by Crippen LogP contribution is -2.02. The quantitative estimate of drug-likeness (QED) is 0.784. The van der Waals surface area contributed by atoms with E-state index in [4.69, 9.17) is 4.74 Å². The fourth-order valence-corrected chi connectivity index (χ4v) is 2.13. The third kappa shape index (κ3) is 2.72. The summed E-state index contributed by atoms with van der Waals surface area (Å²) in [4.78, 5) is 4.24. The number of nitrogens with zero attached hydrogens (tertiary/aromatic N) is 1. The first-order valence-electron chi connectivity index (χ1n) is 6.57. The van der Waals surface area contributed by atoms with E-state index in [2.05, 4.69) is 4.98 Å². The van der Waals surface area contributed by atoms with Gasteiger partial charge in [-0.05, 0) is 35.0 Å². The van der Waals surface area contributed by atoms with Gasteiger partial charge in [0.2, 0.25) is 0 Å². The second-order valence-electron chi connectivity index (χ2n) is 4.59. The van der Waals surface area contributed by atoms with Gasteiger partial charge in [-0.2, -0.15) is 0 Å². The molecule has 3 nitrogen and oxygen atoms in total. The predicted octanol–water partition coefficient (Wildman–Crippen LogP) is 3.56. The fraction of sp³-hybridized carbons (Fsp3) is 0.118. The van der Waals surface area contributed by atoms with E-state index in [1.165, 1.54) is 0 Å². The zero-order valence-corrected chi connectivity index (χ0v) is 11.0. The summed E-state index contributed by atoms with van der Waals surface area (Å²) in [5.41, 5.74) is 0.979. The second kappa shape index (κ2) is 5.61. The summed E-state index contributed by atoms with van der Waals surface area (Å²) in [6.45, 7) is 0.489. The summed E-state index contributed by atoms with van der Waals surface area (Å²) in [5, 5.41) is 12.0. The average molecular weight is 265 g/mol. The first-order valence-corrected chi connectivity index (χ1v) is 6.57. The van der Waals surface area contributed by atoms with Gasteiger partial charge < -0.3 is 9.84 Å². The Morgan fingerprint density at radius 3 is 2.45 bits per heavy atom. The zero-order valence-electron chi connectivity index (χ0n) is 11.0. The molecule has 0 fully saturated rings. The van der Waals surface area contributed by atoms with Gasteiger partial charge in [0.25, 0.3) is 0 Å². The number of aromatic hydroxyl groups is 1. The highest BCUT2D eigenvalue weighted by atomic mass is 16.5. The van der Waals surface area contributed by atoms with E-state index >= 15 is 0 Å². The monoisotopic (exact) mass is 265 g/mol. The van der Waals surface area contributed by atoms with E-state index in [9.17, 15) is 5.11 Å². The Labute approximate surface area is 117 Å². The number of ether oxygens (including phenoxy) is 1. The molecule has 0 aliphatic carbocycles. The van der Waals surface area contributed by atoms with Gasteiger partial charge in [0.15, 0.2) is 11.5 Å². The Morgan fingerprint density at radius 1 is 0.950 bits per heavy atom. The first kappa shape index (κ1) is 12.5. The molecule has 0 spiro atoms. The van der Waals surface area contributed by atoms with Crippen LogP contribution in [0.3, 0.4) is 0 Å². The minimum atomic E-state index is 0.171. The number of hydrogen-bond acceptors (Lipinski definition) is 3. The van der Waals surface area contributed by atoms with Crippen molar-refractivity contribution < 1.29 is 9.84 Å². The largest absolute Gasteiger partial charge is 0.504 e. The Morgan fingerprint density at radius 2 is 1.70 bits per heavy atom. The molecule has 3 rings (SSSR count). The predicted molar refractivity (Wildman–Crippen MR) is 79.0 cm³/mol. The molecule has 1 heterocycles. The molecule has 1 N–H and O–H groups in total. The van der Waals surface area contributed by atoms with Gasteiger partial charge in [0.05, 0.1) is 6.61 Å². The highest BCUT2D eigenvalue weighted by Gasteiger charge is 2.05. The van der Waals surface area contributed by atoms with E-state index < -0.39 is 0 Å². The molecule has 100 valence electrons. The SMILES string of the molecule is Oc1cc2ccccc2cc1OCCc1ccccn1. The van der Waals surface area contributed by atoms with Gasteiger partial charge in [0.1, 0.15) is 0 Å². The lowest BCUT2D eigenvalue weighted by molar-refractivity contribution is 0.302. The van der Waals surface area contributed by atoms with Crippen LogP contribution in [0.4, 0.5) is 0 Å². The van der Waals surface area contributed by atoms with Crippen molar-refractivity contribution in [2.24, 2.45) is 0 Å². The molecular weight excluding hydrogens is 250 g/mol. The Kier molecular flexibility index (Phi) is 3.50. The summed E-state index contributed by atoms with van der Waals surface area (Å²) >= 11 is 0. The molecule has 0 aliphatic heterocycles. The van der Waals surface area contributed by atoms with Crippen LogP contribution in [0, 0.1) is 0 Å². The van der Waals surface area contributed by atoms with Crippen molar-refractivity contribution in [2.45, 2.75) is 6.42 Å². The van der Waals surface area contributed by atoms with Crippen LogP contribution in [-0.2, 0) is 6.42 Å². The van der Waals surface area contributed by atoms with Crippen LogP contribution >= 0.6 is 0 Å². The molecular formula is C17H15NO2. The van der Waals surface area contributed by atoms with Crippen molar-refractivity contribution in [2.75, 3.05) is 6.61 Å². The summed E-state index contributed by atoms with van der Waals surface area (Å²) in [5.74, 6) is 0.685. The minimum Gasteiger partial charge on any atom is -0.504 e. The number of pyridine rings is 1. The molecule has 1 aromatic heterocycles. The lowest BCUT2D eigenvalue weighted by Gasteiger charge is -2.09. The van der Waals surface area contributed by atoms with E-state index in [0.717, 1.165) is 16.5 Å². The molecule has 2 aromatic carbocycles. The fourth-order valence-electron chi connectivity index (χ4n) is 2.13. The number of rotatable bonds is 4. The number of aromatic nitrogens is 1. The first-order chi connectivity index (χ1) is 9.83. The van der Waals surface area contributed by atoms with Gasteiger partial charge in [-0.1, -0.05) is 30.3 Å². The molecule has 0 bridgehead atoms. The van der Waals surface area contributed by atoms with E-state index in [1.807, 2.05) is 48.5 Å². The normalized spacial score (nSPS) is 10.6. The Balaban J connectivity index is 1.72. The van der Waals surface area contributed by atoms with Crippen molar-refractivity contribution >= 4 is 10.8 Å². The maximum atomic E-state index is 9.97. The highest BCUT2D eigenvalue weighted by molar-refractivity contribution is 5.85. The molecule has 3 aromatic rings. The van der Waals surface area contributed by atoms with Crippen molar-refractivity contribution in [3.63, 3.8) is 0 Å². The molecule has 0 aliphatic rings. The van der Waals surface area contributed by atoms with E-state index in [-0.39, 0.29) is 5.75 Å². The maximum absolute atomic E-state index is 9.97. The molecule has 0 radical (unpaired) electrons. The van der Waals surface area contributed by atoms with Crippen LogP contribution in [0.5, 0.6) is 11.5 Å². The smallest absolute Gasteiger partial charge is 0.161 e. The zero-order chi connectivity index (χ0) is 13.8. The van der Waals surface area contributed by atoms with E-state index in [0.29, 0.717) is 18.8 Å². The van der Waals surface area contributed by atoms with Crippen molar-refractivity contribution in [3.05, 3.63) is 66.5 Å². The number of phenolic OH excluding ortho intramolecular Hbond substituents is 1. The third-order valence-electron chi connectivity index (χ3n) is 3.17. The highest BCUT2D eigenvalue weighted by Crippen LogP contribution is 2.31. The van der Waals surface area contributed by atoms with Crippen LogP contribution in [0.1, 0.15) is 5.69 Å². The number of phenols is 1. The third-order valence-corrected chi connectivity index (χ3v) is 3.17. The van der Waals surface area contributed by atoms with Crippen LogP contribution in [0.25, 0.3) is 10.8 Å². The molecule has 0 amide bonds. The Hall–Kier alpha value is -2.55.